The van der Waals surface area contributed by atoms with Gasteiger partial charge in [-0.3, -0.25) is 4.79 Å². The van der Waals surface area contributed by atoms with Crippen molar-refractivity contribution in [2.24, 2.45) is 0 Å². The van der Waals surface area contributed by atoms with Gasteiger partial charge in [-0.25, -0.2) is 0 Å². The first-order chi connectivity index (χ1) is 16.0. The fraction of sp³-hybridized carbons (Fsp3) is 0.552. The molecule has 0 aliphatic carbocycles. The molecule has 0 unspecified atom stereocenters. The lowest BCUT2D eigenvalue weighted by molar-refractivity contribution is -0.142. The van der Waals surface area contributed by atoms with Gasteiger partial charge in [0.15, 0.2) is 5.76 Å². The van der Waals surface area contributed by atoms with E-state index in [4.69, 9.17) is 9.15 Å². The molecule has 0 amide bonds. The van der Waals surface area contributed by atoms with Crippen molar-refractivity contribution in [3.05, 3.63) is 52.5 Å². The molecule has 0 bridgehead atoms. The van der Waals surface area contributed by atoms with Gasteiger partial charge in [0.1, 0.15) is 12.2 Å². The number of carbonyl (C=O) groups is 1. The summed E-state index contributed by atoms with van der Waals surface area (Å²) in [6.07, 6.45) is 9.75. The van der Waals surface area contributed by atoms with Crippen molar-refractivity contribution in [3.8, 4) is 11.8 Å². The van der Waals surface area contributed by atoms with Crippen LogP contribution in [-0.2, 0) is 27.8 Å². The van der Waals surface area contributed by atoms with Gasteiger partial charge in [0.25, 0.3) is 0 Å². The van der Waals surface area contributed by atoms with Gasteiger partial charge in [0, 0.05) is 10.5 Å². The molecule has 2 aromatic rings. The smallest absolute Gasteiger partial charge is 0.313 e. The van der Waals surface area contributed by atoms with Crippen molar-refractivity contribution in [2.45, 2.75) is 95.8 Å². The van der Waals surface area contributed by atoms with Crippen LogP contribution in [0.5, 0.6) is 0 Å². The fourth-order valence-corrected chi connectivity index (χ4v) is 6.09. The summed E-state index contributed by atoms with van der Waals surface area (Å²) in [5, 5.41) is 0. The number of fused-ring (bicyclic) bond motifs is 1. The molecule has 3 rings (SSSR count). The van der Waals surface area contributed by atoms with Gasteiger partial charge in [-0.15, -0.1) is 11.8 Å². The van der Waals surface area contributed by atoms with E-state index in [9.17, 15) is 4.79 Å². The predicted octanol–water partition coefficient (Wildman–Crippen LogP) is 7.46. The maximum atomic E-state index is 11.7. The summed E-state index contributed by atoms with van der Waals surface area (Å²) in [5.74, 6) is 8.76. The predicted molar refractivity (Wildman–Crippen MR) is 137 cm³/mol. The van der Waals surface area contributed by atoms with E-state index in [2.05, 4.69) is 44.7 Å². The second-order valence-electron chi connectivity index (χ2n) is 8.90. The summed E-state index contributed by atoms with van der Waals surface area (Å²) < 4.78 is 10.8. The number of hydrogen-bond acceptors (Lipinski definition) is 4. The van der Waals surface area contributed by atoms with Gasteiger partial charge >= 0.3 is 5.97 Å². The minimum Gasteiger partial charge on any atom is -0.466 e. The molecule has 0 saturated carbocycles. The van der Waals surface area contributed by atoms with E-state index in [0.29, 0.717) is 18.1 Å². The highest BCUT2D eigenvalue weighted by molar-refractivity contribution is 7.99. The van der Waals surface area contributed by atoms with Crippen LogP contribution in [0.2, 0.25) is 0 Å². The molecule has 1 aliphatic rings. The van der Waals surface area contributed by atoms with Gasteiger partial charge in [-0.2, -0.15) is 0 Å². The minimum atomic E-state index is -0.275. The van der Waals surface area contributed by atoms with E-state index >= 15 is 0 Å². The molecule has 2 heterocycles. The Bertz CT molecular complexity index is 988. The number of furan rings is 1. The number of benzene rings is 1. The molecule has 178 valence electrons. The molecule has 0 spiro atoms. The zero-order chi connectivity index (χ0) is 23.7. The van der Waals surface area contributed by atoms with Gasteiger partial charge < -0.3 is 9.15 Å². The van der Waals surface area contributed by atoms with E-state index in [1.165, 1.54) is 53.9 Å². The Labute approximate surface area is 204 Å². The summed E-state index contributed by atoms with van der Waals surface area (Å²) in [4.78, 5) is 13.2. The summed E-state index contributed by atoms with van der Waals surface area (Å²) in [6, 6.07) is 8.46. The highest BCUT2D eigenvalue weighted by Crippen LogP contribution is 2.47. The van der Waals surface area contributed by atoms with Crippen LogP contribution in [0, 0.1) is 11.8 Å². The van der Waals surface area contributed by atoms with Crippen LogP contribution < -0.4 is 0 Å². The summed E-state index contributed by atoms with van der Waals surface area (Å²) in [5.41, 5.74) is 4.22. The quantitative estimate of drug-likeness (QED) is 0.207. The third kappa shape index (κ3) is 6.48. The largest absolute Gasteiger partial charge is 0.466 e. The molecular weight excluding hydrogens is 428 g/mol. The van der Waals surface area contributed by atoms with Crippen molar-refractivity contribution >= 4 is 17.7 Å². The van der Waals surface area contributed by atoms with Crippen LogP contribution >= 0.6 is 11.8 Å². The third-order valence-corrected chi connectivity index (χ3v) is 7.93. The first-order valence-electron chi connectivity index (χ1n) is 12.6. The molecule has 0 atom stereocenters. The van der Waals surface area contributed by atoms with Crippen LogP contribution in [0.15, 0.2) is 33.6 Å². The molecular formula is C29H38O3S. The first kappa shape index (κ1) is 25.5. The number of rotatable bonds is 10. The summed E-state index contributed by atoms with van der Waals surface area (Å²) in [7, 11) is 0. The Morgan fingerprint density at radius 1 is 1.09 bits per heavy atom. The van der Waals surface area contributed by atoms with Gasteiger partial charge in [-0.1, -0.05) is 46.0 Å². The number of hydrogen-bond donors (Lipinski definition) is 0. The lowest BCUT2D eigenvalue weighted by Gasteiger charge is -2.38. The van der Waals surface area contributed by atoms with E-state index in [0.717, 1.165) is 24.8 Å². The Balaban J connectivity index is 1.91. The Hall–Kier alpha value is -2.12. The fourth-order valence-electron chi connectivity index (χ4n) is 4.72. The average molecular weight is 467 g/mol. The maximum absolute atomic E-state index is 11.7. The lowest BCUT2D eigenvalue weighted by Crippen LogP contribution is -2.29. The molecule has 1 aromatic heterocycles. The van der Waals surface area contributed by atoms with E-state index in [1.807, 2.05) is 23.9 Å². The zero-order valence-electron chi connectivity index (χ0n) is 20.7. The van der Waals surface area contributed by atoms with Crippen LogP contribution in [0.1, 0.15) is 101 Å². The van der Waals surface area contributed by atoms with Crippen molar-refractivity contribution in [1.82, 2.24) is 0 Å². The van der Waals surface area contributed by atoms with Crippen LogP contribution in [0.3, 0.4) is 0 Å². The van der Waals surface area contributed by atoms with Crippen LogP contribution in [0.25, 0.3) is 0 Å². The van der Waals surface area contributed by atoms with Crippen LogP contribution in [0.4, 0.5) is 0 Å². The molecule has 1 aliphatic heterocycles. The Morgan fingerprint density at radius 3 is 2.64 bits per heavy atom. The monoisotopic (exact) mass is 466 g/mol. The van der Waals surface area contributed by atoms with Crippen LogP contribution in [-0.4, -0.2) is 18.3 Å². The number of thioether (sulfide) groups is 1. The van der Waals surface area contributed by atoms with Crippen molar-refractivity contribution in [1.29, 1.82) is 0 Å². The molecule has 0 fully saturated rings. The zero-order valence-corrected chi connectivity index (χ0v) is 21.5. The summed E-state index contributed by atoms with van der Waals surface area (Å²) in [6.45, 7) is 9.07. The Kier molecular flexibility index (Phi) is 9.56. The second kappa shape index (κ2) is 12.4. The normalized spacial score (nSPS) is 14.3. The topological polar surface area (TPSA) is 39.4 Å². The molecule has 33 heavy (non-hydrogen) atoms. The number of ether oxygens (including phenoxy) is 1. The Morgan fingerprint density at radius 2 is 1.91 bits per heavy atom. The maximum Gasteiger partial charge on any atom is 0.313 e. The van der Waals surface area contributed by atoms with E-state index in [-0.39, 0.29) is 17.8 Å². The lowest BCUT2D eigenvalue weighted by atomic mass is 9.72. The first-order valence-corrected chi connectivity index (χ1v) is 13.6. The molecule has 0 saturated heterocycles. The average Bonchev–Trinajstić information content (AvgIpc) is 3.27. The van der Waals surface area contributed by atoms with Crippen molar-refractivity contribution < 1.29 is 13.9 Å². The highest BCUT2D eigenvalue weighted by Gasteiger charge is 2.34. The number of carbonyl (C=O) groups excluding carboxylic acids is 1. The summed E-state index contributed by atoms with van der Waals surface area (Å²) >= 11 is 2.01. The highest BCUT2D eigenvalue weighted by atomic mass is 32.2. The molecule has 0 radical (unpaired) electrons. The molecule has 4 heteroatoms. The van der Waals surface area contributed by atoms with Crippen molar-refractivity contribution in [3.63, 3.8) is 0 Å². The van der Waals surface area contributed by atoms with Crippen molar-refractivity contribution in [2.75, 3.05) is 12.4 Å². The van der Waals surface area contributed by atoms with Gasteiger partial charge in [0.2, 0.25) is 0 Å². The number of aryl methyl sites for hydroxylation is 1. The minimum absolute atomic E-state index is 0.143. The SMILES string of the molecule is CCCCCCc1cc2c(cc1C#Cc1ccc(CC(=O)OCC)o1)C(CC)(CC)CCS2. The third-order valence-electron chi connectivity index (χ3n) is 6.87. The molecule has 3 nitrogen and oxygen atoms in total. The molecule has 1 aromatic carbocycles. The van der Waals surface area contributed by atoms with Gasteiger partial charge in [-0.05, 0) is 91.5 Å². The molecule has 0 N–H and O–H groups in total. The van der Waals surface area contributed by atoms with E-state index < -0.39 is 0 Å². The number of unbranched alkanes of at least 4 members (excludes halogenated alkanes) is 3. The second-order valence-corrected chi connectivity index (χ2v) is 10.0. The number of esters is 1. The standard InChI is InChI=1S/C29H38O3S/c1-5-9-10-11-12-22-20-27-26(29(6-2,7-3)17-18-33-27)19-23(22)13-14-24-15-16-25(32-24)21-28(30)31-8-4/h15-16,19-20H,5-12,17-18,21H2,1-4H3. The van der Waals surface area contributed by atoms with Gasteiger partial charge in [0.05, 0.1) is 6.61 Å². The van der Waals surface area contributed by atoms with E-state index in [1.54, 1.807) is 6.92 Å².